The van der Waals surface area contributed by atoms with Gasteiger partial charge in [-0.3, -0.25) is 58.0 Å². The number of aromatic amines is 2. The molecule has 2 aliphatic heterocycles. The third-order valence-electron chi connectivity index (χ3n) is 18.3. The Balaban J connectivity index is 0.901. The molecular weight excluding hydrogens is 1340 g/mol. The fourth-order valence-electron chi connectivity index (χ4n) is 12.8. The Morgan fingerprint density at radius 1 is 0.583 bits per heavy atom. The van der Waals surface area contributed by atoms with Gasteiger partial charge in [-0.25, -0.2) is 28.9 Å². The summed E-state index contributed by atoms with van der Waals surface area (Å²) >= 11 is 0. The number of carboxylic acids is 4. The van der Waals surface area contributed by atoms with Gasteiger partial charge in [0.25, 0.3) is 0 Å². The summed E-state index contributed by atoms with van der Waals surface area (Å²) in [7, 11) is 0. The van der Waals surface area contributed by atoms with Crippen molar-refractivity contribution in [1.29, 1.82) is 0 Å². The third-order valence-corrected chi connectivity index (χ3v) is 18.3. The molecule has 2 aliphatic rings. The van der Waals surface area contributed by atoms with Crippen LogP contribution in [-0.2, 0) is 51.4 Å². The largest absolute Gasteiger partial charge is 0.508 e. The second kappa shape index (κ2) is 36.2. The Morgan fingerprint density at radius 2 is 1.08 bits per heavy atom. The number of aliphatic imine (C=N–C) groups is 1. The molecule has 6 aromatic rings. The van der Waals surface area contributed by atoms with Gasteiger partial charge in [-0.2, -0.15) is 10.2 Å². The van der Waals surface area contributed by atoms with Gasteiger partial charge in [0.1, 0.15) is 41.6 Å². The number of rotatable bonds is 36. The molecule has 33 nitrogen and oxygen atoms in total. The van der Waals surface area contributed by atoms with Crippen molar-refractivity contribution in [3.05, 3.63) is 116 Å². The summed E-state index contributed by atoms with van der Waals surface area (Å²) in [6.07, 6.45) is -1.74. The Morgan fingerprint density at radius 3 is 1.52 bits per heavy atom. The van der Waals surface area contributed by atoms with Crippen molar-refractivity contribution in [2.75, 3.05) is 85.1 Å². The van der Waals surface area contributed by atoms with Crippen LogP contribution in [0.5, 0.6) is 23.0 Å². The number of nitrogens with zero attached hydrogens (tertiary/aromatic N) is 10. The normalized spacial score (nSPS) is 14.8. The Bertz CT molecular complexity index is 4150. The number of H-pyrrole nitrogens is 2. The Hall–Kier alpha value is -10.8. The van der Waals surface area contributed by atoms with Gasteiger partial charge < -0.3 is 67.0 Å². The summed E-state index contributed by atoms with van der Waals surface area (Å²) in [5.74, 6) is -8.76. The number of phenolic OH excluding ortho intramolecular Hbond substituents is 4. The van der Waals surface area contributed by atoms with Crippen molar-refractivity contribution >= 4 is 53.2 Å². The van der Waals surface area contributed by atoms with Gasteiger partial charge in [0, 0.05) is 116 Å². The minimum absolute atomic E-state index is 0.00642. The van der Waals surface area contributed by atoms with Crippen LogP contribution in [0.4, 0.5) is 0 Å². The van der Waals surface area contributed by atoms with E-state index >= 15 is 0 Å². The van der Waals surface area contributed by atoms with Gasteiger partial charge in [0.15, 0.2) is 11.6 Å². The summed E-state index contributed by atoms with van der Waals surface area (Å²) < 4.78 is 2.63. The predicted octanol–water partition coefficient (Wildman–Crippen LogP) is 2.96. The number of hydrogen-bond donors (Lipinski definition) is 13. The second-order valence-electron chi connectivity index (χ2n) is 26.4. The maximum absolute atomic E-state index is 14.3. The number of aromatic hydroxyl groups is 4. The molecule has 0 saturated carbocycles. The van der Waals surface area contributed by atoms with Crippen LogP contribution in [-0.4, -0.2) is 245 Å². The van der Waals surface area contributed by atoms with Gasteiger partial charge >= 0.3 is 35.3 Å². The molecule has 103 heavy (non-hydrogen) atoms. The molecule has 8 rings (SSSR count). The number of amides is 4. The number of nitrogens with one attached hydrogen (secondary N) is 4. The molecule has 2 saturated heterocycles. The van der Waals surface area contributed by atoms with E-state index in [4.69, 9.17) is 5.73 Å². The number of hydrogen-bond acceptors (Lipinski definition) is 21. The maximum Gasteiger partial charge on any atom is 0.348 e. The molecule has 2 aromatic heterocycles. The van der Waals surface area contributed by atoms with E-state index in [0.29, 0.717) is 67.5 Å². The highest BCUT2D eigenvalue weighted by atomic mass is 16.4. The van der Waals surface area contributed by atoms with E-state index in [1.54, 1.807) is 46.2 Å². The first-order valence-corrected chi connectivity index (χ1v) is 34.1. The van der Waals surface area contributed by atoms with Crippen LogP contribution in [0.3, 0.4) is 0 Å². The zero-order chi connectivity index (χ0) is 74.8. The van der Waals surface area contributed by atoms with Crippen molar-refractivity contribution in [2.24, 2.45) is 16.6 Å². The zero-order valence-corrected chi connectivity index (χ0v) is 58.0. The highest BCUT2D eigenvalue weighted by Crippen LogP contribution is 2.39. The molecule has 3 atom stereocenters. The number of carbonyl (C=O) groups excluding carboxylic acids is 4. The van der Waals surface area contributed by atoms with Crippen LogP contribution in [0, 0.1) is 5.92 Å². The average molecular weight is 1430 g/mol. The number of aromatic nitrogens is 6. The quantitative estimate of drug-likeness (QED) is 0.0251. The monoisotopic (exact) mass is 1430 g/mol. The third kappa shape index (κ3) is 21.4. The summed E-state index contributed by atoms with van der Waals surface area (Å²) in [6, 6.07) is 17.0. The minimum atomic E-state index is -1.53. The van der Waals surface area contributed by atoms with Crippen molar-refractivity contribution < 1.29 is 79.2 Å². The van der Waals surface area contributed by atoms with Crippen molar-refractivity contribution in [3.8, 4) is 57.1 Å². The highest BCUT2D eigenvalue weighted by molar-refractivity contribution is 5.94. The number of benzene rings is 4. The SMILES string of the molecule is CC(C)c1cc(-c2n[nH]c(=O)n2-c2ccc(CN3CCN(C(=O)CNC(=O)[C@H](CC(=O)N4CCN(Cc5ccc(-n6c(-c7cc(C(C)C)c(O)cc7O)n[nH]c6=O)cc5)CC4)NC(=O)CC[C@H](C(=O)O)N(CCN)CCC(CC(=O)O)CC(CCCC(=O)O)=NCC(=O)O)CC3)cc2)c(O)cc1O. The van der Waals surface area contributed by atoms with E-state index in [1.807, 2.05) is 52.0 Å². The summed E-state index contributed by atoms with van der Waals surface area (Å²) in [5.41, 5.74) is 9.43. The molecule has 33 heteroatoms. The van der Waals surface area contributed by atoms with E-state index in [9.17, 15) is 88.8 Å². The van der Waals surface area contributed by atoms with E-state index < -0.39 is 109 Å². The fraction of sp³-hybridized carbons (Fsp3) is 0.471. The van der Waals surface area contributed by atoms with Crippen molar-refractivity contribution in [3.63, 3.8) is 0 Å². The first-order valence-electron chi connectivity index (χ1n) is 34.1. The smallest absolute Gasteiger partial charge is 0.348 e. The fourth-order valence-corrected chi connectivity index (χ4v) is 12.8. The molecule has 4 amide bonds. The van der Waals surface area contributed by atoms with E-state index in [-0.39, 0.29) is 142 Å². The lowest BCUT2D eigenvalue weighted by molar-refractivity contribution is -0.144. The zero-order valence-electron chi connectivity index (χ0n) is 58.0. The van der Waals surface area contributed by atoms with E-state index in [1.165, 1.54) is 26.2 Å². The lowest BCUT2D eigenvalue weighted by atomic mass is 9.92. The molecule has 554 valence electrons. The predicted molar refractivity (Wildman–Crippen MR) is 375 cm³/mol. The van der Waals surface area contributed by atoms with E-state index in [2.05, 4.69) is 45.8 Å². The maximum atomic E-state index is 14.3. The molecule has 4 aromatic carbocycles. The number of carboxylic acid groups (broad SMARTS) is 4. The first-order chi connectivity index (χ1) is 49.1. The van der Waals surface area contributed by atoms with Crippen LogP contribution in [0.25, 0.3) is 34.2 Å². The molecular formula is C70H91N15O18. The Labute approximate surface area is 592 Å². The van der Waals surface area contributed by atoms with Crippen molar-refractivity contribution in [2.45, 2.75) is 122 Å². The van der Waals surface area contributed by atoms with Crippen LogP contribution < -0.4 is 27.7 Å². The van der Waals surface area contributed by atoms with Crippen LogP contribution >= 0.6 is 0 Å². The summed E-state index contributed by atoms with van der Waals surface area (Å²) in [5, 5.41) is 99.8. The second-order valence-corrected chi connectivity index (χ2v) is 26.4. The molecule has 2 fully saturated rings. The summed E-state index contributed by atoms with van der Waals surface area (Å²) in [6.45, 7) is 9.97. The van der Waals surface area contributed by atoms with Crippen LogP contribution in [0.15, 0.2) is 87.4 Å². The van der Waals surface area contributed by atoms with Gasteiger partial charge in [-0.05, 0) is 115 Å². The Kier molecular flexibility index (Phi) is 27.4. The van der Waals surface area contributed by atoms with Crippen molar-refractivity contribution in [1.82, 2.24) is 64.7 Å². The molecule has 0 bridgehead atoms. The first kappa shape index (κ1) is 78.0. The minimum Gasteiger partial charge on any atom is -0.508 e. The topological polar surface area (TPSA) is 478 Å². The lowest BCUT2D eigenvalue weighted by Gasteiger charge is -2.35. The summed E-state index contributed by atoms with van der Waals surface area (Å²) in [4.78, 5) is 143. The van der Waals surface area contributed by atoms with Crippen LogP contribution in [0.1, 0.15) is 120 Å². The van der Waals surface area contributed by atoms with Gasteiger partial charge in [0.05, 0.1) is 35.5 Å². The number of piperazine rings is 2. The number of aliphatic carboxylic acids is 4. The number of phenols is 4. The van der Waals surface area contributed by atoms with Gasteiger partial charge in [-0.1, -0.05) is 52.0 Å². The van der Waals surface area contributed by atoms with E-state index in [0.717, 1.165) is 11.1 Å². The highest BCUT2D eigenvalue weighted by Gasteiger charge is 2.33. The number of carbonyl (C=O) groups is 8. The molecule has 1 unspecified atom stereocenters. The molecule has 0 aliphatic carbocycles. The number of nitrogens with two attached hydrogens (primary N) is 1. The molecule has 4 heterocycles. The molecule has 14 N–H and O–H groups in total. The lowest BCUT2D eigenvalue weighted by Crippen LogP contribution is -2.55. The van der Waals surface area contributed by atoms with Crippen LogP contribution in [0.2, 0.25) is 0 Å². The standard InChI is InChI=1S/C70H91N15O18/c1-41(2)49-32-51(57(88)35-55(49)86)65-75-77-69(102)84(65)47-12-8-43(9-13-47)39-79-22-26-82(27-23-79)60(91)34-53(74-59(90)17-16-54(68(100)101)81(21-19-71)20-18-45(31-63(95)96)30-46(72-38-64(97)98)6-5-7-62(93)94)67(99)73-37-61(92)83-28-24-80(25-29-83)40-44-10-14-48(15-11-44)85-66(76-78-70(85)103)52-33-50(42(3)4)56(87)36-58(52)89/h8-15,32-33,35-36,41-42,45,53-54,86-89H,5-7,16-31,34,37-40,71H2,1-4H3,(H,73,99)(H,74,90)(H,77,102)(H,78,103)(H,93,94)(H,95,96)(H,97,98)(H,100,101)/t45?,53-,54+/m0/s1. The van der Waals surface area contributed by atoms with Gasteiger partial charge in [0.2, 0.25) is 23.6 Å². The molecule has 0 spiro atoms. The average Bonchev–Trinajstić information content (AvgIpc) is 1.70. The molecule has 0 radical (unpaired) electrons. The van der Waals surface area contributed by atoms with Gasteiger partial charge in [-0.15, -0.1) is 0 Å².